The van der Waals surface area contributed by atoms with Crippen molar-refractivity contribution < 1.29 is 17.9 Å². The van der Waals surface area contributed by atoms with Crippen LogP contribution in [0.4, 0.5) is 18.9 Å². The largest absolute Gasteiger partial charge is 0.468 e. The molecule has 0 saturated carbocycles. The van der Waals surface area contributed by atoms with E-state index in [1.165, 1.54) is 12.3 Å². The van der Waals surface area contributed by atoms with Gasteiger partial charge in [-0.3, -0.25) is 0 Å². The number of nitrogens with zero attached hydrogens (tertiary/aromatic N) is 1. The number of hydrogen-bond acceptors (Lipinski definition) is 3. The summed E-state index contributed by atoms with van der Waals surface area (Å²) >= 11 is 0. The number of ether oxygens (including phenoxy) is 1. The molecule has 0 radical (unpaired) electrons. The molecular formula is C12H17F3N2O. The number of pyridine rings is 1. The van der Waals surface area contributed by atoms with Gasteiger partial charge in [-0.05, 0) is 18.4 Å². The first-order valence-electron chi connectivity index (χ1n) is 5.76. The summed E-state index contributed by atoms with van der Waals surface area (Å²) in [5, 5.41) is 3.14. The van der Waals surface area contributed by atoms with Gasteiger partial charge in [0.1, 0.15) is 0 Å². The smallest absolute Gasteiger partial charge is 0.422 e. The maximum atomic E-state index is 11.9. The van der Waals surface area contributed by atoms with Gasteiger partial charge in [-0.2, -0.15) is 13.2 Å². The van der Waals surface area contributed by atoms with Gasteiger partial charge in [0.15, 0.2) is 6.61 Å². The van der Waals surface area contributed by atoms with Crippen LogP contribution in [0.3, 0.4) is 0 Å². The molecule has 102 valence electrons. The number of alkyl halides is 3. The van der Waals surface area contributed by atoms with Gasteiger partial charge in [0.25, 0.3) is 0 Å². The van der Waals surface area contributed by atoms with E-state index in [0.29, 0.717) is 5.92 Å². The van der Waals surface area contributed by atoms with Crippen molar-refractivity contribution >= 4 is 5.69 Å². The molecule has 18 heavy (non-hydrogen) atoms. The van der Waals surface area contributed by atoms with Gasteiger partial charge < -0.3 is 10.1 Å². The fourth-order valence-electron chi connectivity index (χ4n) is 1.23. The molecule has 1 aromatic heterocycles. The van der Waals surface area contributed by atoms with Crippen LogP contribution < -0.4 is 10.1 Å². The highest BCUT2D eigenvalue weighted by Gasteiger charge is 2.28. The Kier molecular flexibility index (Phi) is 5.25. The van der Waals surface area contributed by atoms with Crippen molar-refractivity contribution in [3.63, 3.8) is 0 Å². The molecule has 1 N–H and O–H groups in total. The molecule has 1 aromatic rings. The summed E-state index contributed by atoms with van der Waals surface area (Å²) in [5.41, 5.74) is 0.773. The molecule has 1 rings (SSSR count). The average molecular weight is 262 g/mol. The highest BCUT2D eigenvalue weighted by atomic mass is 19.4. The summed E-state index contributed by atoms with van der Waals surface area (Å²) in [6, 6.07) is 3.07. The van der Waals surface area contributed by atoms with E-state index >= 15 is 0 Å². The minimum Gasteiger partial charge on any atom is -0.468 e. The number of nitrogens with one attached hydrogen (secondary N) is 1. The Balaban J connectivity index is 2.38. The van der Waals surface area contributed by atoms with Crippen molar-refractivity contribution in [2.45, 2.75) is 26.4 Å². The van der Waals surface area contributed by atoms with E-state index in [-0.39, 0.29) is 5.88 Å². The fraction of sp³-hybridized carbons (Fsp3) is 0.583. The van der Waals surface area contributed by atoms with E-state index in [0.717, 1.165) is 18.7 Å². The van der Waals surface area contributed by atoms with Crippen LogP contribution in [-0.2, 0) is 0 Å². The maximum Gasteiger partial charge on any atom is 0.422 e. The Labute approximate surface area is 104 Å². The van der Waals surface area contributed by atoms with Crippen LogP contribution >= 0.6 is 0 Å². The Morgan fingerprint density at radius 3 is 2.56 bits per heavy atom. The van der Waals surface area contributed by atoms with Gasteiger partial charge in [0, 0.05) is 12.6 Å². The van der Waals surface area contributed by atoms with Gasteiger partial charge in [-0.25, -0.2) is 4.98 Å². The van der Waals surface area contributed by atoms with Crippen LogP contribution in [0.15, 0.2) is 18.3 Å². The quantitative estimate of drug-likeness (QED) is 0.852. The predicted octanol–water partition coefficient (Wildman–Crippen LogP) is 3.48. The van der Waals surface area contributed by atoms with Gasteiger partial charge in [0.2, 0.25) is 5.88 Å². The van der Waals surface area contributed by atoms with Crippen LogP contribution in [0.5, 0.6) is 5.88 Å². The molecule has 0 fully saturated rings. The van der Waals surface area contributed by atoms with Gasteiger partial charge >= 0.3 is 6.18 Å². The lowest BCUT2D eigenvalue weighted by molar-refractivity contribution is -0.154. The SMILES string of the molecule is CC(C)CCNc1ccc(OCC(F)(F)F)nc1. The normalized spacial score (nSPS) is 11.7. The standard InChI is InChI=1S/C12H17F3N2O/c1-9(2)5-6-16-10-3-4-11(17-7-10)18-8-12(13,14)15/h3-4,7,9,16H,5-6,8H2,1-2H3. The molecule has 6 heteroatoms. The predicted molar refractivity (Wildman–Crippen MR) is 63.7 cm³/mol. The van der Waals surface area contributed by atoms with Crippen LogP contribution in [0, 0.1) is 5.92 Å². The first-order chi connectivity index (χ1) is 8.37. The van der Waals surface area contributed by atoms with Crippen LogP contribution in [0.2, 0.25) is 0 Å². The maximum absolute atomic E-state index is 11.9. The number of hydrogen-bond donors (Lipinski definition) is 1. The highest BCUT2D eigenvalue weighted by Crippen LogP contribution is 2.18. The van der Waals surface area contributed by atoms with Crippen molar-refractivity contribution in [3.8, 4) is 5.88 Å². The molecule has 0 aliphatic heterocycles. The molecule has 0 aromatic carbocycles. The van der Waals surface area contributed by atoms with Gasteiger partial charge in [0.05, 0.1) is 11.9 Å². The fourth-order valence-corrected chi connectivity index (χ4v) is 1.23. The third-order valence-corrected chi connectivity index (χ3v) is 2.17. The molecule has 3 nitrogen and oxygen atoms in total. The molecular weight excluding hydrogens is 245 g/mol. The second kappa shape index (κ2) is 6.47. The van der Waals surface area contributed by atoms with Crippen molar-refractivity contribution in [1.29, 1.82) is 0 Å². The van der Waals surface area contributed by atoms with E-state index in [2.05, 4.69) is 28.9 Å². The van der Waals surface area contributed by atoms with Crippen LogP contribution in [0.25, 0.3) is 0 Å². The van der Waals surface area contributed by atoms with Crippen molar-refractivity contribution in [1.82, 2.24) is 4.98 Å². The second-order valence-corrected chi connectivity index (χ2v) is 4.40. The first-order valence-corrected chi connectivity index (χ1v) is 5.76. The zero-order chi connectivity index (χ0) is 13.6. The van der Waals surface area contributed by atoms with Gasteiger partial charge in [-0.15, -0.1) is 0 Å². The molecule has 0 amide bonds. The lowest BCUT2D eigenvalue weighted by Gasteiger charge is -2.10. The summed E-state index contributed by atoms with van der Waals surface area (Å²) in [7, 11) is 0. The summed E-state index contributed by atoms with van der Waals surface area (Å²) in [4.78, 5) is 3.79. The van der Waals surface area contributed by atoms with E-state index in [1.807, 2.05) is 0 Å². The third kappa shape index (κ3) is 6.32. The number of rotatable bonds is 6. The molecule has 1 heterocycles. The first kappa shape index (κ1) is 14.6. The van der Waals surface area contributed by atoms with Crippen molar-refractivity contribution in [2.75, 3.05) is 18.5 Å². The van der Waals surface area contributed by atoms with Crippen molar-refractivity contribution in [2.24, 2.45) is 5.92 Å². The Hall–Kier alpha value is -1.46. The molecule has 0 unspecified atom stereocenters. The monoisotopic (exact) mass is 262 g/mol. The number of aromatic nitrogens is 1. The topological polar surface area (TPSA) is 34.1 Å². The van der Waals surface area contributed by atoms with Crippen molar-refractivity contribution in [3.05, 3.63) is 18.3 Å². The van der Waals surface area contributed by atoms with E-state index in [1.54, 1.807) is 6.07 Å². The summed E-state index contributed by atoms with van der Waals surface area (Å²) in [5.74, 6) is 0.571. The van der Waals surface area contributed by atoms with E-state index in [4.69, 9.17) is 0 Å². The Morgan fingerprint density at radius 2 is 2.06 bits per heavy atom. The minimum absolute atomic E-state index is 0.0262. The van der Waals surface area contributed by atoms with E-state index < -0.39 is 12.8 Å². The van der Waals surface area contributed by atoms with E-state index in [9.17, 15) is 13.2 Å². The Bertz CT molecular complexity index is 349. The number of anilines is 1. The zero-order valence-electron chi connectivity index (χ0n) is 10.4. The minimum atomic E-state index is -4.34. The number of halogens is 3. The summed E-state index contributed by atoms with van der Waals surface area (Å²) < 4.78 is 40.2. The molecule has 0 spiro atoms. The average Bonchev–Trinajstić information content (AvgIpc) is 2.26. The molecule has 0 bridgehead atoms. The van der Waals surface area contributed by atoms with Crippen LogP contribution in [-0.4, -0.2) is 24.3 Å². The zero-order valence-corrected chi connectivity index (χ0v) is 10.4. The lowest BCUT2D eigenvalue weighted by Crippen LogP contribution is -2.19. The molecule has 0 atom stereocenters. The molecule has 0 aliphatic rings. The lowest BCUT2D eigenvalue weighted by atomic mass is 10.1. The third-order valence-electron chi connectivity index (χ3n) is 2.17. The highest BCUT2D eigenvalue weighted by molar-refractivity contribution is 5.41. The summed E-state index contributed by atoms with van der Waals surface area (Å²) in [6.07, 6.45) is -1.85. The summed E-state index contributed by atoms with van der Waals surface area (Å²) in [6.45, 7) is 3.73. The second-order valence-electron chi connectivity index (χ2n) is 4.40. The molecule has 0 saturated heterocycles. The van der Waals surface area contributed by atoms with Crippen LogP contribution in [0.1, 0.15) is 20.3 Å². The Morgan fingerprint density at radius 1 is 1.33 bits per heavy atom. The molecule has 0 aliphatic carbocycles. The van der Waals surface area contributed by atoms with Gasteiger partial charge in [-0.1, -0.05) is 13.8 Å².